The third kappa shape index (κ3) is 5.59. The molecular weight excluding hydrogens is 228 g/mol. The molecule has 0 N–H and O–H groups in total. The third-order valence-electron chi connectivity index (χ3n) is 2.32. The van der Waals surface area contributed by atoms with Crippen molar-refractivity contribution in [3.05, 3.63) is 42.7 Å². The Morgan fingerprint density at radius 2 is 2.22 bits per heavy atom. The summed E-state index contributed by atoms with van der Waals surface area (Å²) in [6, 6.07) is 5.48. The van der Waals surface area contributed by atoms with E-state index >= 15 is 0 Å². The topological polar surface area (TPSA) is 39.2 Å². The Labute approximate surface area is 108 Å². The Kier molecular flexibility index (Phi) is 5.04. The first-order chi connectivity index (χ1) is 8.40. The lowest BCUT2D eigenvalue weighted by Crippen LogP contribution is -2.42. The van der Waals surface area contributed by atoms with Gasteiger partial charge in [0.2, 0.25) is 0 Å². The minimum atomic E-state index is -0.271. The van der Waals surface area contributed by atoms with Crippen LogP contribution in [-0.2, 0) is 16.0 Å². The number of carbonyl (C=O) groups is 1. The van der Waals surface area contributed by atoms with Crippen molar-refractivity contribution in [3.8, 4) is 0 Å². The molecule has 1 atom stereocenters. The summed E-state index contributed by atoms with van der Waals surface area (Å²) < 4.78 is 6.08. The summed E-state index contributed by atoms with van der Waals surface area (Å²) in [6.45, 7) is 4.41. The van der Waals surface area contributed by atoms with Gasteiger partial charge >= 0.3 is 5.97 Å². The third-order valence-corrected chi connectivity index (χ3v) is 2.32. The fraction of sp³-hybridized carbons (Fsp3) is 0.429. The molecule has 4 nitrogen and oxygen atoms in total. The Hall–Kier alpha value is -1.68. The SMILES string of the molecule is C=CC(C[N+](C)(C)C)OC(=O)Cc1ccccn1. The predicted molar refractivity (Wildman–Crippen MR) is 70.9 cm³/mol. The number of hydrogen-bond acceptors (Lipinski definition) is 3. The number of hydrogen-bond donors (Lipinski definition) is 0. The van der Waals surface area contributed by atoms with E-state index < -0.39 is 0 Å². The van der Waals surface area contributed by atoms with Crippen LogP contribution in [0.5, 0.6) is 0 Å². The quantitative estimate of drug-likeness (QED) is 0.435. The number of carbonyl (C=O) groups excluding carboxylic acids is 1. The van der Waals surface area contributed by atoms with Crippen molar-refractivity contribution in [3.63, 3.8) is 0 Å². The van der Waals surface area contributed by atoms with Gasteiger partial charge < -0.3 is 9.22 Å². The van der Waals surface area contributed by atoms with Gasteiger partial charge in [-0.1, -0.05) is 12.6 Å². The van der Waals surface area contributed by atoms with E-state index in [1.54, 1.807) is 12.3 Å². The van der Waals surface area contributed by atoms with E-state index in [2.05, 4.69) is 11.6 Å². The number of esters is 1. The van der Waals surface area contributed by atoms with Gasteiger partial charge in [-0.25, -0.2) is 0 Å². The minimum absolute atomic E-state index is 0.197. The highest BCUT2D eigenvalue weighted by atomic mass is 16.5. The van der Waals surface area contributed by atoms with Crippen LogP contribution in [0.2, 0.25) is 0 Å². The number of pyridine rings is 1. The monoisotopic (exact) mass is 249 g/mol. The molecule has 1 rings (SSSR count). The van der Waals surface area contributed by atoms with Gasteiger partial charge in [0.05, 0.1) is 33.3 Å². The molecule has 0 aromatic carbocycles. The fourth-order valence-corrected chi connectivity index (χ4v) is 1.56. The average Bonchev–Trinajstić information content (AvgIpc) is 2.27. The van der Waals surface area contributed by atoms with Crippen LogP contribution in [0.1, 0.15) is 5.69 Å². The van der Waals surface area contributed by atoms with E-state index in [9.17, 15) is 4.79 Å². The lowest BCUT2D eigenvalue weighted by atomic mass is 10.2. The molecule has 0 spiro atoms. The van der Waals surface area contributed by atoms with E-state index in [-0.39, 0.29) is 18.5 Å². The van der Waals surface area contributed by atoms with E-state index in [1.165, 1.54) is 0 Å². The fourth-order valence-electron chi connectivity index (χ4n) is 1.56. The molecule has 1 unspecified atom stereocenters. The molecule has 0 amide bonds. The Morgan fingerprint density at radius 1 is 1.50 bits per heavy atom. The van der Waals surface area contributed by atoms with Gasteiger partial charge in [0.15, 0.2) is 6.10 Å². The summed E-state index contributed by atoms with van der Waals surface area (Å²) in [7, 11) is 6.13. The molecule has 0 aliphatic carbocycles. The van der Waals surface area contributed by atoms with Crippen LogP contribution in [0.4, 0.5) is 0 Å². The highest BCUT2D eigenvalue weighted by Gasteiger charge is 2.19. The molecule has 1 aromatic rings. The molecule has 0 saturated carbocycles. The van der Waals surface area contributed by atoms with E-state index in [4.69, 9.17) is 4.74 Å². The summed E-state index contributed by atoms with van der Waals surface area (Å²) in [5, 5.41) is 0. The van der Waals surface area contributed by atoms with Gasteiger partial charge in [-0.15, -0.1) is 0 Å². The van der Waals surface area contributed by atoms with Gasteiger partial charge in [0.1, 0.15) is 6.54 Å². The Bertz CT molecular complexity index is 396. The van der Waals surface area contributed by atoms with Crippen molar-refractivity contribution in [2.24, 2.45) is 0 Å². The largest absolute Gasteiger partial charge is 0.452 e. The van der Waals surface area contributed by atoms with Crippen molar-refractivity contribution in [1.82, 2.24) is 4.98 Å². The van der Waals surface area contributed by atoms with Crippen LogP contribution < -0.4 is 0 Å². The number of ether oxygens (including phenoxy) is 1. The first-order valence-corrected chi connectivity index (χ1v) is 5.93. The average molecular weight is 249 g/mol. The molecule has 4 heteroatoms. The summed E-state index contributed by atoms with van der Waals surface area (Å²) in [4.78, 5) is 15.8. The zero-order valence-corrected chi connectivity index (χ0v) is 11.3. The first-order valence-electron chi connectivity index (χ1n) is 5.93. The zero-order chi connectivity index (χ0) is 13.6. The molecule has 0 aliphatic rings. The number of aromatic nitrogens is 1. The van der Waals surface area contributed by atoms with Crippen LogP contribution in [0.25, 0.3) is 0 Å². The van der Waals surface area contributed by atoms with Crippen molar-refractivity contribution >= 4 is 5.97 Å². The van der Waals surface area contributed by atoms with Crippen molar-refractivity contribution in [1.29, 1.82) is 0 Å². The molecule has 0 bridgehead atoms. The highest BCUT2D eigenvalue weighted by molar-refractivity contribution is 5.72. The molecule has 0 saturated heterocycles. The summed E-state index contributed by atoms with van der Waals surface area (Å²) >= 11 is 0. The molecule has 0 aliphatic heterocycles. The Morgan fingerprint density at radius 3 is 2.72 bits per heavy atom. The summed E-state index contributed by atoms with van der Waals surface area (Å²) in [5.41, 5.74) is 0.718. The van der Waals surface area contributed by atoms with Crippen molar-refractivity contribution < 1.29 is 14.0 Å². The van der Waals surface area contributed by atoms with Crippen LogP contribution >= 0.6 is 0 Å². The van der Waals surface area contributed by atoms with Crippen molar-refractivity contribution in [2.75, 3.05) is 27.7 Å². The second kappa shape index (κ2) is 6.31. The molecule has 18 heavy (non-hydrogen) atoms. The van der Waals surface area contributed by atoms with Gasteiger partial charge in [0, 0.05) is 6.20 Å². The predicted octanol–water partition coefficient (Wildman–Crippen LogP) is 1.43. The molecule has 0 fully saturated rings. The summed E-state index contributed by atoms with van der Waals surface area (Å²) in [6.07, 6.45) is 3.27. The van der Waals surface area contributed by atoms with Crippen molar-refractivity contribution in [2.45, 2.75) is 12.5 Å². The van der Waals surface area contributed by atoms with Gasteiger partial charge in [0.25, 0.3) is 0 Å². The standard InChI is InChI=1S/C14H21N2O2/c1-5-13(11-16(2,3)4)18-14(17)10-12-8-6-7-9-15-12/h5-9,13H,1,10-11H2,2-4H3/q+1. The van der Waals surface area contributed by atoms with Gasteiger partial charge in [-0.3, -0.25) is 9.78 Å². The number of nitrogens with zero attached hydrogens (tertiary/aromatic N) is 2. The zero-order valence-electron chi connectivity index (χ0n) is 11.3. The molecular formula is C14H21N2O2+. The highest BCUT2D eigenvalue weighted by Crippen LogP contribution is 2.04. The molecule has 1 aromatic heterocycles. The van der Waals surface area contributed by atoms with Gasteiger partial charge in [-0.05, 0) is 18.2 Å². The maximum atomic E-state index is 11.8. The summed E-state index contributed by atoms with van der Waals surface area (Å²) in [5.74, 6) is -0.271. The number of likely N-dealkylation sites (N-methyl/N-ethyl adjacent to an activating group) is 1. The second-order valence-electron chi connectivity index (χ2n) is 5.23. The lowest BCUT2D eigenvalue weighted by Gasteiger charge is -2.27. The van der Waals surface area contributed by atoms with Crippen LogP contribution in [0.3, 0.4) is 0 Å². The number of quaternary nitrogens is 1. The smallest absolute Gasteiger partial charge is 0.312 e. The normalized spacial score (nSPS) is 12.8. The maximum Gasteiger partial charge on any atom is 0.312 e. The molecule has 1 heterocycles. The Balaban J connectivity index is 2.50. The van der Waals surface area contributed by atoms with E-state index in [0.717, 1.165) is 5.69 Å². The minimum Gasteiger partial charge on any atom is -0.452 e. The first kappa shape index (κ1) is 14.4. The lowest BCUT2D eigenvalue weighted by molar-refractivity contribution is -0.872. The molecule has 98 valence electrons. The van der Waals surface area contributed by atoms with Crippen LogP contribution in [-0.4, -0.2) is 49.2 Å². The van der Waals surface area contributed by atoms with Crippen LogP contribution in [0, 0.1) is 0 Å². The second-order valence-corrected chi connectivity index (χ2v) is 5.23. The van der Waals surface area contributed by atoms with Gasteiger partial charge in [-0.2, -0.15) is 0 Å². The number of rotatable bonds is 6. The molecule has 0 radical (unpaired) electrons. The van der Waals surface area contributed by atoms with E-state index in [1.807, 2.05) is 39.3 Å². The van der Waals surface area contributed by atoms with E-state index in [0.29, 0.717) is 11.0 Å². The maximum absolute atomic E-state index is 11.8. The van der Waals surface area contributed by atoms with Crippen LogP contribution in [0.15, 0.2) is 37.1 Å².